The second kappa shape index (κ2) is 4.09. The number of aliphatic hydroxyl groups is 1. The highest BCUT2D eigenvalue weighted by Crippen LogP contribution is 2.47. The average Bonchev–Trinajstić information content (AvgIpc) is 2.86. The Kier molecular flexibility index (Phi) is 2.69. The molecule has 1 saturated heterocycles. The van der Waals surface area contributed by atoms with Crippen molar-refractivity contribution in [2.24, 2.45) is 0 Å². The Morgan fingerprint density at radius 1 is 1.47 bits per heavy atom. The number of aliphatic hydroxyl groups excluding tert-OH is 1. The summed E-state index contributed by atoms with van der Waals surface area (Å²) in [6.45, 7) is 2.96. The molecule has 0 aliphatic carbocycles. The van der Waals surface area contributed by atoms with Crippen LogP contribution in [0.4, 0.5) is 0 Å². The van der Waals surface area contributed by atoms with Crippen molar-refractivity contribution >= 4 is 0 Å². The fourth-order valence-corrected chi connectivity index (χ4v) is 3.47. The van der Waals surface area contributed by atoms with Gasteiger partial charge in [0.25, 0.3) is 0 Å². The van der Waals surface area contributed by atoms with Gasteiger partial charge < -0.3 is 9.84 Å². The summed E-state index contributed by atoms with van der Waals surface area (Å²) >= 11 is 0. The maximum absolute atomic E-state index is 9.82. The molecule has 2 aliphatic rings. The van der Waals surface area contributed by atoms with Crippen molar-refractivity contribution in [3.05, 3.63) is 34.9 Å². The summed E-state index contributed by atoms with van der Waals surface area (Å²) in [5.41, 5.74) is 3.88. The minimum atomic E-state index is -0.0981. The summed E-state index contributed by atoms with van der Waals surface area (Å²) < 4.78 is 5.26. The molecule has 1 N–H and O–H groups in total. The van der Waals surface area contributed by atoms with E-state index in [4.69, 9.17) is 4.74 Å². The SMILES string of the molecule is COCc1cccc2c1CN1CCCC21CO. The number of methoxy groups -OCH3 is 1. The van der Waals surface area contributed by atoms with Crippen molar-refractivity contribution in [2.75, 3.05) is 20.3 Å². The smallest absolute Gasteiger partial charge is 0.0716 e. The molecule has 92 valence electrons. The highest BCUT2D eigenvalue weighted by atomic mass is 16.5. The maximum Gasteiger partial charge on any atom is 0.0716 e. The monoisotopic (exact) mass is 233 g/mol. The van der Waals surface area contributed by atoms with Gasteiger partial charge in [-0.3, -0.25) is 4.90 Å². The van der Waals surface area contributed by atoms with E-state index in [9.17, 15) is 5.11 Å². The number of rotatable bonds is 3. The molecule has 2 aliphatic heterocycles. The van der Waals surface area contributed by atoms with E-state index in [-0.39, 0.29) is 12.1 Å². The maximum atomic E-state index is 9.82. The lowest BCUT2D eigenvalue weighted by atomic mass is 9.87. The van der Waals surface area contributed by atoms with Crippen LogP contribution in [0.1, 0.15) is 29.5 Å². The summed E-state index contributed by atoms with van der Waals surface area (Å²) in [4.78, 5) is 2.43. The molecule has 0 amide bonds. The Bertz CT molecular complexity index is 432. The molecule has 0 bridgehead atoms. The predicted octanol–water partition coefficient (Wildman–Crippen LogP) is 1.63. The van der Waals surface area contributed by atoms with Crippen molar-refractivity contribution in [3.63, 3.8) is 0 Å². The zero-order valence-corrected chi connectivity index (χ0v) is 10.3. The van der Waals surface area contributed by atoms with Crippen molar-refractivity contribution in [1.29, 1.82) is 0 Å². The van der Waals surface area contributed by atoms with Crippen LogP contribution in [0.3, 0.4) is 0 Å². The van der Waals surface area contributed by atoms with Crippen LogP contribution < -0.4 is 0 Å². The first-order valence-corrected chi connectivity index (χ1v) is 6.28. The fraction of sp³-hybridized carbons (Fsp3) is 0.571. The lowest BCUT2D eigenvalue weighted by molar-refractivity contribution is 0.0751. The molecule has 1 unspecified atom stereocenters. The van der Waals surface area contributed by atoms with Crippen LogP contribution in [-0.4, -0.2) is 30.3 Å². The summed E-state index contributed by atoms with van der Waals surface area (Å²) in [5.74, 6) is 0. The first-order chi connectivity index (χ1) is 8.31. The lowest BCUT2D eigenvalue weighted by Crippen LogP contribution is -2.38. The third-order valence-electron chi connectivity index (χ3n) is 4.31. The van der Waals surface area contributed by atoms with Gasteiger partial charge in [-0.05, 0) is 36.1 Å². The van der Waals surface area contributed by atoms with Crippen molar-refractivity contribution in [2.45, 2.75) is 31.5 Å². The molecule has 0 spiro atoms. The minimum Gasteiger partial charge on any atom is -0.394 e. The molecular weight excluding hydrogens is 214 g/mol. The third kappa shape index (κ3) is 1.46. The lowest BCUT2D eigenvalue weighted by Gasteiger charge is -2.30. The van der Waals surface area contributed by atoms with Gasteiger partial charge in [0.05, 0.1) is 18.8 Å². The largest absolute Gasteiger partial charge is 0.394 e. The molecule has 3 nitrogen and oxygen atoms in total. The van der Waals surface area contributed by atoms with Gasteiger partial charge in [0.1, 0.15) is 0 Å². The van der Waals surface area contributed by atoms with Crippen LogP contribution in [-0.2, 0) is 23.4 Å². The number of hydrogen-bond acceptors (Lipinski definition) is 3. The van der Waals surface area contributed by atoms with E-state index < -0.39 is 0 Å². The molecule has 0 saturated carbocycles. The predicted molar refractivity (Wildman–Crippen MR) is 65.6 cm³/mol. The Morgan fingerprint density at radius 2 is 2.35 bits per heavy atom. The van der Waals surface area contributed by atoms with E-state index in [1.165, 1.54) is 23.1 Å². The standard InChI is InChI=1S/C14H19NO2/c1-17-9-11-4-2-5-13-12(11)8-15-7-3-6-14(13,15)10-16/h2,4-5,16H,3,6-10H2,1H3. The topological polar surface area (TPSA) is 32.7 Å². The number of benzene rings is 1. The van der Waals surface area contributed by atoms with Crippen molar-refractivity contribution in [1.82, 2.24) is 4.90 Å². The van der Waals surface area contributed by atoms with Gasteiger partial charge in [-0.1, -0.05) is 18.2 Å². The van der Waals surface area contributed by atoms with E-state index in [2.05, 4.69) is 23.1 Å². The second-order valence-corrected chi connectivity index (χ2v) is 5.09. The van der Waals surface area contributed by atoms with Crippen LogP contribution in [0.15, 0.2) is 18.2 Å². The van der Waals surface area contributed by atoms with Gasteiger partial charge >= 0.3 is 0 Å². The van der Waals surface area contributed by atoms with Gasteiger partial charge in [0.15, 0.2) is 0 Å². The van der Waals surface area contributed by atoms with E-state index in [1.54, 1.807) is 7.11 Å². The summed E-state index contributed by atoms with van der Waals surface area (Å²) in [7, 11) is 1.73. The van der Waals surface area contributed by atoms with Gasteiger partial charge in [-0.25, -0.2) is 0 Å². The molecule has 1 aromatic rings. The number of nitrogens with zero attached hydrogens (tertiary/aromatic N) is 1. The fourth-order valence-electron chi connectivity index (χ4n) is 3.47. The Morgan fingerprint density at radius 3 is 3.12 bits per heavy atom. The van der Waals surface area contributed by atoms with Gasteiger partial charge in [0.2, 0.25) is 0 Å². The quantitative estimate of drug-likeness (QED) is 0.861. The third-order valence-corrected chi connectivity index (χ3v) is 4.31. The summed E-state index contributed by atoms with van der Waals surface area (Å²) in [6.07, 6.45) is 2.27. The van der Waals surface area contributed by atoms with Crippen LogP contribution in [0.2, 0.25) is 0 Å². The van der Waals surface area contributed by atoms with Gasteiger partial charge in [-0.2, -0.15) is 0 Å². The first-order valence-electron chi connectivity index (χ1n) is 6.28. The molecule has 3 rings (SSSR count). The van der Waals surface area contributed by atoms with Gasteiger partial charge in [-0.15, -0.1) is 0 Å². The molecule has 3 heteroatoms. The number of ether oxygens (including phenoxy) is 1. The van der Waals surface area contributed by atoms with Gasteiger partial charge in [0, 0.05) is 13.7 Å². The van der Waals surface area contributed by atoms with E-state index in [0.29, 0.717) is 6.61 Å². The number of fused-ring (bicyclic) bond motifs is 3. The molecule has 1 fully saturated rings. The molecule has 0 aromatic heterocycles. The summed E-state index contributed by atoms with van der Waals surface area (Å²) in [5, 5.41) is 9.82. The first kappa shape index (κ1) is 11.2. The van der Waals surface area contributed by atoms with E-state index in [1.807, 2.05) is 0 Å². The Balaban J connectivity index is 2.08. The molecule has 1 atom stereocenters. The average molecular weight is 233 g/mol. The van der Waals surface area contributed by atoms with Crippen molar-refractivity contribution in [3.8, 4) is 0 Å². The minimum absolute atomic E-state index is 0.0981. The molecular formula is C14H19NO2. The zero-order valence-electron chi connectivity index (χ0n) is 10.3. The molecule has 17 heavy (non-hydrogen) atoms. The zero-order chi connectivity index (χ0) is 11.9. The molecule has 1 aromatic carbocycles. The highest BCUT2D eigenvalue weighted by molar-refractivity contribution is 5.44. The number of hydrogen-bond donors (Lipinski definition) is 1. The second-order valence-electron chi connectivity index (χ2n) is 5.09. The molecule has 0 radical (unpaired) electrons. The molecule has 2 heterocycles. The van der Waals surface area contributed by atoms with E-state index in [0.717, 1.165) is 19.5 Å². The van der Waals surface area contributed by atoms with E-state index >= 15 is 0 Å². The van der Waals surface area contributed by atoms with Crippen LogP contribution in [0.5, 0.6) is 0 Å². The van der Waals surface area contributed by atoms with Crippen LogP contribution in [0, 0.1) is 0 Å². The Labute approximate surface area is 102 Å². The Hall–Kier alpha value is -0.900. The summed E-state index contributed by atoms with van der Waals surface area (Å²) in [6, 6.07) is 6.40. The van der Waals surface area contributed by atoms with Crippen LogP contribution >= 0.6 is 0 Å². The van der Waals surface area contributed by atoms with Crippen molar-refractivity contribution < 1.29 is 9.84 Å². The van der Waals surface area contributed by atoms with Crippen LogP contribution in [0.25, 0.3) is 0 Å². The normalized spacial score (nSPS) is 27.2. The highest BCUT2D eigenvalue weighted by Gasteiger charge is 2.47.